The molecule has 4 nitrogen and oxygen atoms in total. The molecule has 21 heavy (non-hydrogen) atoms. The van der Waals surface area contributed by atoms with Crippen LogP contribution in [0.25, 0.3) is 0 Å². The molecule has 0 bridgehead atoms. The Morgan fingerprint density at radius 2 is 2.24 bits per heavy atom. The lowest BCUT2D eigenvalue weighted by atomic mass is 10.2. The van der Waals surface area contributed by atoms with E-state index in [0.717, 1.165) is 43.2 Å². The van der Waals surface area contributed by atoms with Crippen molar-refractivity contribution in [3.8, 4) is 0 Å². The largest absolute Gasteiger partial charge is 0.468 e. The quantitative estimate of drug-likeness (QED) is 0.803. The number of hydrogen-bond donors (Lipinski definition) is 1. The first-order valence-corrected chi connectivity index (χ1v) is 7.80. The van der Waals surface area contributed by atoms with Crippen molar-refractivity contribution in [2.45, 2.75) is 45.3 Å². The van der Waals surface area contributed by atoms with Crippen LogP contribution >= 0.6 is 0 Å². The molecule has 1 fully saturated rings. The number of rotatable bonds is 8. The minimum absolute atomic E-state index is 0.684. The molecule has 2 aromatic rings. The van der Waals surface area contributed by atoms with Crippen molar-refractivity contribution in [1.82, 2.24) is 9.88 Å². The van der Waals surface area contributed by atoms with E-state index in [0.29, 0.717) is 6.04 Å². The Balaban J connectivity index is 1.65. The molecular weight excluding hydrogens is 262 g/mol. The highest BCUT2D eigenvalue weighted by Crippen LogP contribution is 2.29. The first-order chi connectivity index (χ1) is 10.3. The lowest BCUT2D eigenvalue weighted by Crippen LogP contribution is -2.25. The molecule has 0 spiro atoms. The summed E-state index contributed by atoms with van der Waals surface area (Å²) in [5, 5.41) is 3.42. The second kappa shape index (κ2) is 6.76. The van der Waals surface area contributed by atoms with Gasteiger partial charge < -0.3 is 9.73 Å². The van der Waals surface area contributed by atoms with Gasteiger partial charge in [0.05, 0.1) is 18.5 Å². The zero-order chi connectivity index (χ0) is 14.5. The van der Waals surface area contributed by atoms with E-state index in [1.165, 1.54) is 12.8 Å². The van der Waals surface area contributed by atoms with Crippen LogP contribution in [0.15, 0.2) is 41.1 Å². The maximum Gasteiger partial charge on any atom is 0.117 e. The molecule has 0 amide bonds. The van der Waals surface area contributed by atoms with Crippen LogP contribution in [0.4, 0.5) is 5.69 Å². The predicted molar refractivity (Wildman–Crippen MR) is 84.0 cm³/mol. The highest BCUT2D eigenvalue weighted by molar-refractivity contribution is 5.43. The highest BCUT2D eigenvalue weighted by Gasteiger charge is 2.29. The maximum absolute atomic E-state index is 5.48. The number of anilines is 1. The Morgan fingerprint density at radius 1 is 1.33 bits per heavy atom. The Bertz CT molecular complexity index is 549. The third-order valence-electron chi connectivity index (χ3n) is 3.76. The minimum atomic E-state index is 0.684. The van der Waals surface area contributed by atoms with E-state index >= 15 is 0 Å². The van der Waals surface area contributed by atoms with Crippen molar-refractivity contribution in [2.24, 2.45) is 0 Å². The van der Waals surface area contributed by atoms with Gasteiger partial charge in [-0.25, -0.2) is 0 Å². The fraction of sp³-hybridized carbons (Fsp3) is 0.471. The molecule has 112 valence electrons. The van der Waals surface area contributed by atoms with Crippen molar-refractivity contribution in [1.29, 1.82) is 0 Å². The molecule has 0 radical (unpaired) electrons. The first kappa shape index (κ1) is 14.1. The summed E-state index contributed by atoms with van der Waals surface area (Å²) in [6.07, 6.45) is 7.34. The fourth-order valence-electron chi connectivity index (χ4n) is 2.51. The topological polar surface area (TPSA) is 41.3 Å². The molecule has 0 aromatic carbocycles. The van der Waals surface area contributed by atoms with Crippen LogP contribution in [0.1, 0.15) is 37.6 Å². The fourth-order valence-corrected chi connectivity index (χ4v) is 2.51. The van der Waals surface area contributed by atoms with Crippen molar-refractivity contribution >= 4 is 5.69 Å². The van der Waals surface area contributed by atoms with Crippen LogP contribution < -0.4 is 5.32 Å². The molecule has 2 aromatic heterocycles. The van der Waals surface area contributed by atoms with Crippen molar-refractivity contribution in [3.05, 3.63) is 48.2 Å². The van der Waals surface area contributed by atoms with Crippen LogP contribution in [-0.4, -0.2) is 22.5 Å². The van der Waals surface area contributed by atoms with Crippen LogP contribution in [-0.2, 0) is 13.1 Å². The van der Waals surface area contributed by atoms with E-state index in [1.807, 2.05) is 24.4 Å². The molecule has 1 saturated carbocycles. The molecule has 3 rings (SSSR count). The van der Waals surface area contributed by atoms with E-state index in [-0.39, 0.29) is 0 Å². The maximum atomic E-state index is 5.48. The molecule has 0 saturated heterocycles. The Labute approximate surface area is 126 Å². The number of furan rings is 1. The second-order valence-corrected chi connectivity index (χ2v) is 5.68. The number of pyridine rings is 1. The molecule has 1 aliphatic carbocycles. The number of nitrogens with zero attached hydrogens (tertiary/aromatic N) is 2. The Kier molecular flexibility index (Phi) is 4.55. The van der Waals surface area contributed by atoms with Crippen LogP contribution in [0.5, 0.6) is 0 Å². The molecule has 0 aliphatic heterocycles. The Morgan fingerprint density at radius 3 is 2.95 bits per heavy atom. The highest BCUT2D eigenvalue weighted by atomic mass is 16.3. The number of aromatic nitrogens is 1. The number of hydrogen-bond acceptors (Lipinski definition) is 4. The zero-order valence-corrected chi connectivity index (χ0v) is 12.6. The van der Waals surface area contributed by atoms with E-state index in [9.17, 15) is 0 Å². The minimum Gasteiger partial charge on any atom is -0.468 e. The van der Waals surface area contributed by atoms with Gasteiger partial charge in [0.2, 0.25) is 0 Å². The lowest BCUT2D eigenvalue weighted by molar-refractivity contribution is 0.222. The molecule has 1 aliphatic rings. The van der Waals surface area contributed by atoms with E-state index in [2.05, 4.69) is 28.2 Å². The second-order valence-electron chi connectivity index (χ2n) is 5.68. The Hall–Kier alpha value is -1.81. The normalized spacial score (nSPS) is 14.6. The van der Waals surface area contributed by atoms with E-state index in [4.69, 9.17) is 4.42 Å². The monoisotopic (exact) mass is 285 g/mol. The van der Waals surface area contributed by atoms with E-state index in [1.54, 1.807) is 6.26 Å². The average Bonchev–Trinajstić information content (AvgIpc) is 3.23. The van der Waals surface area contributed by atoms with Crippen molar-refractivity contribution in [2.75, 3.05) is 11.9 Å². The van der Waals surface area contributed by atoms with Crippen molar-refractivity contribution in [3.63, 3.8) is 0 Å². The van der Waals surface area contributed by atoms with Gasteiger partial charge >= 0.3 is 0 Å². The molecule has 4 heteroatoms. The van der Waals surface area contributed by atoms with Crippen molar-refractivity contribution < 1.29 is 4.42 Å². The first-order valence-electron chi connectivity index (χ1n) is 7.80. The van der Waals surface area contributed by atoms with Crippen LogP contribution in [0.3, 0.4) is 0 Å². The molecule has 0 atom stereocenters. The van der Waals surface area contributed by atoms with Crippen LogP contribution in [0, 0.1) is 0 Å². The summed E-state index contributed by atoms with van der Waals surface area (Å²) < 4.78 is 5.48. The summed E-state index contributed by atoms with van der Waals surface area (Å²) in [5.41, 5.74) is 2.28. The van der Waals surface area contributed by atoms with Gasteiger partial charge in [-0.2, -0.15) is 0 Å². The third kappa shape index (κ3) is 4.08. The SMILES string of the molecule is CCCNc1ccnc(CN(Cc2ccco2)C2CC2)c1. The third-order valence-corrected chi connectivity index (χ3v) is 3.76. The van der Waals surface area contributed by atoms with Gasteiger partial charge in [-0.1, -0.05) is 6.92 Å². The summed E-state index contributed by atoms with van der Waals surface area (Å²) in [6.45, 7) is 4.93. The van der Waals surface area contributed by atoms with Gasteiger partial charge in [0.1, 0.15) is 5.76 Å². The molecule has 1 N–H and O–H groups in total. The summed E-state index contributed by atoms with van der Waals surface area (Å²) in [4.78, 5) is 6.98. The van der Waals surface area contributed by atoms with Gasteiger partial charge in [0, 0.05) is 31.0 Å². The molecule has 2 heterocycles. The lowest BCUT2D eigenvalue weighted by Gasteiger charge is -2.20. The molecule has 0 unspecified atom stereocenters. The smallest absolute Gasteiger partial charge is 0.117 e. The van der Waals surface area contributed by atoms with Gasteiger partial charge in [0.25, 0.3) is 0 Å². The van der Waals surface area contributed by atoms with Gasteiger partial charge in [-0.15, -0.1) is 0 Å². The van der Waals surface area contributed by atoms with Gasteiger partial charge in [-0.3, -0.25) is 9.88 Å². The van der Waals surface area contributed by atoms with E-state index < -0.39 is 0 Å². The van der Waals surface area contributed by atoms with Crippen LogP contribution in [0.2, 0.25) is 0 Å². The zero-order valence-electron chi connectivity index (χ0n) is 12.6. The molecular formula is C17H23N3O. The summed E-state index contributed by atoms with van der Waals surface area (Å²) in [6, 6.07) is 8.88. The summed E-state index contributed by atoms with van der Waals surface area (Å²) in [7, 11) is 0. The predicted octanol–water partition coefficient (Wildman–Crippen LogP) is 3.66. The summed E-state index contributed by atoms with van der Waals surface area (Å²) in [5.74, 6) is 1.03. The average molecular weight is 285 g/mol. The standard InChI is InChI=1S/C17H23N3O/c1-2-8-18-14-7-9-19-15(11-14)12-20(16-5-6-16)13-17-4-3-10-21-17/h3-4,7,9-11,16H,2,5-6,8,12-13H2,1H3,(H,18,19). The number of nitrogens with one attached hydrogen (secondary N) is 1. The summed E-state index contributed by atoms with van der Waals surface area (Å²) >= 11 is 0. The van der Waals surface area contributed by atoms with Gasteiger partial charge in [-0.05, 0) is 43.5 Å². The van der Waals surface area contributed by atoms with Gasteiger partial charge in [0.15, 0.2) is 0 Å².